The summed E-state index contributed by atoms with van der Waals surface area (Å²) in [5.41, 5.74) is 0.931. The molecule has 1 saturated heterocycles. The van der Waals surface area contributed by atoms with E-state index in [1.165, 1.54) is 0 Å². The minimum Gasteiger partial charge on any atom is -0.481 e. The Morgan fingerprint density at radius 1 is 1.08 bits per heavy atom. The molecule has 1 aromatic rings. The third kappa shape index (κ3) is 4.16. The summed E-state index contributed by atoms with van der Waals surface area (Å²) in [6, 6.07) is 3.81. The molecule has 7 heteroatoms. The largest absolute Gasteiger partial charge is 0.496 e. The zero-order valence-corrected chi connectivity index (χ0v) is 19.0. The third-order valence-electron chi connectivity index (χ3n) is 6.08. The molecule has 1 aliphatic heterocycles. The molecule has 1 aliphatic rings. The second-order valence-corrected chi connectivity index (χ2v) is 14.3. The Morgan fingerprint density at radius 3 is 2.08 bits per heavy atom. The third-order valence-corrected chi connectivity index (χ3v) is 10.6. The van der Waals surface area contributed by atoms with Crippen molar-refractivity contribution in [2.24, 2.45) is 0 Å². The average Bonchev–Trinajstić information content (AvgIpc) is 2.71. The molecular weight excluding hydrogens is 345 g/mol. The molecule has 5 nitrogen and oxygen atoms in total. The SMILES string of the molecule is COc1ccc(B2OC(C)(C)C(C)(C)O2)c(CO[Si](C)(C)C(C)(C)C)n1. The highest BCUT2D eigenvalue weighted by atomic mass is 28.4. The lowest BCUT2D eigenvalue weighted by molar-refractivity contribution is 0.00578. The Labute approximate surface area is 160 Å². The Balaban J connectivity index is 2.31. The van der Waals surface area contributed by atoms with Crippen molar-refractivity contribution in [1.82, 2.24) is 4.98 Å². The van der Waals surface area contributed by atoms with Gasteiger partial charge in [-0.3, -0.25) is 0 Å². The Bertz CT molecular complexity index is 639. The fraction of sp³-hybridized carbons (Fsp3) is 0.737. The average molecular weight is 379 g/mol. The molecule has 0 aliphatic carbocycles. The molecule has 0 bridgehead atoms. The molecule has 2 heterocycles. The van der Waals surface area contributed by atoms with Crippen LogP contribution in [0.25, 0.3) is 0 Å². The standard InChI is InChI=1S/C19H34BNO4Si/c1-17(2,3)26(9,10)23-13-15-14(11-12-16(21-15)22-8)20-24-18(4,5)19(6,7)25-20/h11-12H,13H2,1-10H3. The van der Waals surface area contributed by atoms with Gasteiger partial charge in [-0.15, -0.1) is 0 Å². The second kappa shape index (κ2) is 6.93. The lowest BCUT2D eigenvalue weighted by Crippen LogP contribution is -2.42. The van der Waals surface area contributed by atoms with Crippen LogP contribution in [0.1, 0.15) is 54.2 Å². The van der Waals surface area contributed by atoms with Crippen LogP contribution >= 0.6 is 0 Å². The number of pyridine rings is 1. The van der Waals surface area contributed by atoms with Gasteiger partial charge in [-0.25, -0.2) is 4.98 Å². The smallest absolute Gasteiger partial charge is 0.481 e. The highest BCUT2D eigenvalue weighted by Gasteiger charge is 2.52. The molecule has 0 N–H and O–H groups in total. The maximum Gasteiger partial charge on any atom is 0.496 e. The van der Waals surface area contributed by atoms with E-state index in [-0.39, 0.29) is 5.04 Å². The van der Waals surface area contributed by atoms with Gasteiger partial charge >= 0.3 is 7.12 Å². The quantitative estimate of drug-likeness (QED) is 0.726. The number of ether oxygens (including phenoxy) is 1. The molecule has 26 heavy (non-hydrogen) atoms. The summed E-state index contributed by atoms with van der Waals surface area (Å²) in [6.45, 7) is 19.8. The highest BCUT2D eigenvalue weighted by Crippen LogP contribution is 2.38. The summed E-state index contributed by atoms with van der Waals surface area (Å²) in [4.78, 5) is 4.63. The van der Waals surface area contributed by atoms with Crippen molar-refractivity contribution in [2.75, 3.05) is 7.11 Å². The summed E-state index contributed by atoms with van der Waals surface area (Å²) >= 11 is 0. The normalized spacial score (nSPS) is 19.7. The molecule has 0 amide bonds. The van der Waals surface area contributed by atoms with E-state index in [1.54, 1.807) is 7.11 Å². The van der Waals surface area contributed by atoms with Crippen molar-refractivity contribution in [3.8, 4) is 5.88 Å². The van der Waals surface area contributed by atoms with Crippen LogP contribution in [0, 0.1) is 0 Å². The summed E-state index contributed by atoms with van der Waals surface area (Å²) < 4.78 is 24.1. The summed E-state index contributed by atoms with van der Waals surface area (Å²) in [5.74, 6) is 0.569. The highest BCUT2D eigenvalue weighted by molar-refractivity contribution is 6.74. The first kappa shape index (κ1) is 21.4. The van der Waals surface area contributed by atoms with Crippen molar-refractivity contribution in [2.45, 2.75) is 84.4 Å². The number of rotatable bonds is 5. The van der Waals surface area contributed by atoms with Crippen molar-refractivity contribution >= 4 is 20.9 Å². The van der Waals surface area contributed by atoms with Crippen LogP contribution in [-0.2, 0) is 20.3 Å². The molecule has 0 saturated carbocycles. The predicted octanol–water partition coefficient (Wildman–Crippen LogP) is 3.91. The van der Waals surface area contributed by atoms with E-state index in [2.05, 4.69) is 66.5 Å². The minimum atomic E-state index is -1.90. The molecule has 2 rings (SSSR count). The molecular formula is C19H34BNO4Si. The van der Waals surface area contributed by atoms with Crippen molar-refractivity contribution in [1.29, 1.82) is 0 Å². The topological polar surface area (TPSA) is 49.8 Å². The van der Waals surface area contributed by atoms with E-state index in [1.807, 2.05) is 12.1 Å². The molecule has 0 radical (unpaired) electrons. The van der Waals surface area contributed by atoms with Crippen LogP contribution in [0.15, 0.2) is 12.1 Å². The summed E-state index contributed by atoms with van der Waals surface area (Å²) in [7, 11) is -0.738. The molecule has 146 valence electrons. The molecule has 0 aromatic carbocycles. The predicted molar refractivity (Wildman–Crippen MR) is 108 cm³/mol. The fourth-order valence-corrected chi connectivity index (χ4v) is 3.30. The van der Waals surface area contributed by atoms with Crippen LogP contribution in [0.4, 0.5) is 0 Å². The van der Waals surface area contributed by atoms with E-state index >= 15 is 0 Å². The first-order valence-corrected chi connectivity index (χ1v) is 12.1. The molecule has 0 atom stereocenters. The Kier molecular flexibility index (Phi) is 5.71. The zero-order valence-electron chi connectivity index (χ0n) is 18.0. The lowest BCUT2D eigenvalue weighted by atomic mass is 9.78. The monoisotopic (exact) mass is 379 g/mol. The molecule has 1 aromatic heterocycles. The fourth-order valence-electron chi connectivity index (χ4n) is 2.37. The van der Waals surface area contributed by atoms with Gasteiger partial charge in [0.15, 0.2) is 8.32 Å². The van der Waals surface area contributed by atoms with Gasteiger partial charge in [0.2, 0.25) is 5.88 Å². The Hall–Kier alpha value is -0.888. The van der Waals surface area contributed by atoms with E-state index in [0.717, 1.165) is 11.2 Å². The van der Waals surface area contributed by atoms with Crippen molar-refractivity contribution in [3.63, 3.8) is 0 Å². The van der Waals surface area contributed by atoms with Gasteiger partial charge in [-0.2, -0.15) is 0 Å². The number of aromatic nitrogens is 1. The second-order valence-electron chi connectivity index (χ2n) is 9.53. The minimum absolute atomic E-state index is 0.135. The Morgan fingerprint density at radius 2 is 1.62 bits per heavy atom. The van der Waals surface area contributed by atoms with Gasteiger partial charge in [0.1, 0.15) is 0 Å². The van der Waals surface area contributed by atoms with Crippen LogP contribution < -0.4 is 10.2 Å². The van der Waals surface area contributed by atoms with E-state index in [9.17, 15) is 0 Å². The van der Waals surface area contributed by atoms with Crippen LogP contribution in [0.5, 0.6) is 5.88 Å². The van der Waals surface area contributed by atoms with Crippen molar-refractivity contribution in [3.05, 3.63) is 17.8 Å². The van der Waals surface area contributed by atoms with Gasteiger partial charge in [0.25, 0.3) is 0 Å². The zero-order chi connectivity index (χ0) is 20.0. The molecule has 0 unspecified atom stereocenters. The first-order valence-electron chi connectivity index (χ1n) is 9.23. The molecule has 0 spiro atoms. The van der Waals surface area contributed by atoms with Crippen LogP contribution in [0.3, 0.4) is 0 Å². The maximum absolute atomic E-state index is 6.39. The van der Waals surface area contributed by atoms with E-state index in [4.69, 9.17) is 18.5 Å². The van der Waals surface area contributed by atoms with Gasteiger partial charge in [-0.1, -0.05) is 26.8 Å². The first-order chi connectivity index (χ1) is 11.7. The number of hydrogen-bond donors (Lipinski definition) is 0. The lowest BCUT2D eigenvalue weighted by Gasteiger charge is -2.36. The maximum atomic E-state index is 6.39. The van der Waals surface area contributed by atoms with Gasteiger partial charge in [0.05, 0.1) is 30.6 Å². The number of nitrogens with zero attached hydrogens (tertiary/aromatic N) is 1. The number of methoxy groups -OCH3 is 1. The number of hydrogen-bond acceptors (Lipinski definition) is 5. The summed E-state index contributed by atoms with van der Waals surface area (Å²) in [6.07, 6.45) is 0. The van der Waals surface area contributed by atoms with Gasteiger partial charge < -0.3 is 18.5 Å². The van der Waals surface area contributed by atoms with E-state index < -0.39 is 26.6 Å². The van der Waals surface area contributed by atoms with Crippen LogP contribution in [-0.4, -0.2) is 38.7 Å². The van der Waals surface area contributed by atoms with Gasteiger partial charge in [-0.05, 0) is 51.9 Å². The van der Waals surface area contributed by atoms with E-state index in [0.29, 0.717) is 12.5 Å². The molecule has 1 fully saturated rings. The van der Waals surface area contributed by atoms with Crippen LogP contribution in [0.2, 0.25) is 18.1 Å². The van der Waals surface area contributed by atoms with Gasteiger partial charge in [0, 0.05) is 5.46 Å². The van der Waals surface area contributed by atoms with Crippen molar-refractivity contribution < 1.29 is 18.5 Å². The summed E-state index contributed by atoms with van der Waals surface area (Å²) in [5, 5.41) is 0.135.